The van der Waals surface area contributed by atoms with Crippen molar-refractivity contribution >= 4 is 35.2 Å². The predicted molar refractivity (Wildman–Crippen MR) is 123 cm³/mol. The number of esters is 1. The van der Waals surface area contributed by atoms with Gasteiger partial charge in [0.1, 0.15) is 0 Å². The van der Waals surface area contributed by atoms with E-state index in [2.05, 4.69) is 10.9 Å². The Bertz CT molecular complexity index is 1150. The van der Waals surface area contributed by atoms with Gasteiger partial charge >= 0.3 is 5.97 Å². The van der Waals surface area contributed by atoms with Gasteiger partial charge in [-0.3, -0.25) is 30.0 Å². The molecular formula is C25H21ClN2O5. The molecule has 7 nitrogen and oxygen atoms in total. The van der Waals surface area contributed by atoms with Crippen LogP contribution in [0.15, 0.2) is 78.9 Å². The molecule has 0 unspecified atom stereocenters. The van der Waals surface area contributed by atoms with Gasteiger partial charge in [0.05, 0.1) is 17.0 Å². The van der Waals surface area contributed by atoms with Gasteiger partial charge in [-0.2, -0.15) is 0 Å². The molecule has 3 aromatic rings. The molecule has 0 heterocycles. The lowest BCUT2D eigenvalue weighted by Gasteiger charge is -2.08. The summed E-state index contributed by atoms with van der Waals surface area (Å²) in [6.45, 7) is -0.422. The topological polar surface area (TPSA) is 102 Å². The number of benzene rings is 3. The van der Waals surface area contributed by atoms with Crippen LogP contribution in [0, 0.1) is 0 Å². The van der Waals surface area contributed by atoms with Gasteiger partial charge in [0.25, 0.3) is 5.91 Å². The van der Waals surface area contributed by atoms with Gasteiger partial charge in [0, 0.05) is 12.0 Å². The number of hydrazine groups is 1. The standard InChI is InChI=1S/C25H21ClN2O5/c26-21-9-5-4-8-20(21)25(32)28-27-23(30)14-15-24(31)33-16-22(29)19-12-10-18(11-13-19)17-6-2-1-3-7-17/h1-13H,14-16H2,(H,27,30)(H,28,32). The van der Waals surface area contributed by atoms with Gasteiger partial charge < -0.3 is 4.74 Å². The molecule has 0 atom stereocenters. The molecule has 0 spiro atoms. The molecule has 0 saturated carbocycles. The van der Waals surface area contributed by atoms with Crippen molar-refractivity contribution in [1.82, 2.24) is 10.9 Å². The maximum Gasteiger partial charge on any atom is 0.306 e. The second-order valence-electron chi connectivity index (χ2n) is 7.01. The largest absolute Gasteiger partial charge is 0.457 e. The maximum atomic E-state index is 12.3. The van der Waals surface area contributed by atoms with E-state index in [4.69, 9.17) is 16.3 Å². The molecule has 0 aromatic heterocycles. The van der Waals surface area contributed by atoms with Crippen LogP contribution in [0.4, 0.5) is 0 Å². The lowest BCUT2D eigenvalue weighted by molar-refractivity contribution is -0.143. The summed E-state index contributed by atoms with van der Waals surface area (Å²) in [6.07, 6.45) is -0.463. The Kier molecular flexibility index (Phi) is 8.32. The molecule has 3 aromatic carbocycles. The second-order valence-corrected chi connectivity index (χ2v) is 7.42. The summed E-state index contributed by atoms with van der Waals surface area (Å²) >= 11 is 5.92. The predicted octanol–water partition coefficient (Wildman–Crippen LogP) is 3.97. The van der Waals surface area contributed by atoms with Crippen molar-refractivity contribution in [2.24, 2.45) is 0 Å². The first-order chi connectivity index (χ1) is 15.9. The highest BCUT2D eigenvalue weighted by Crippen LogP contribution is 2.19. The number of carbonyl (C=O) groups is 4. The monoisotopic (exact) mass is 464 g/mol. The molecular weight excluding hydrogens is 444 g/mol. The van der Waals surface area contributed by atoms with E-state index >= 15 is 0 Å². The summed E-state index contributed by atoms with van der Waals surface area (Å²) in [5.41, 5.74) is 7.05. The Morgan fingerprint density at radius 1 is 0.727 bits per heavy atom. The van der Waals surface area contributed by atoms with Crippen LogP contribution in [0.25, 0.3) is 11.1 Å². The molecule has 2 amide bonds. The third kappa shape index (κ3) is 7.02. The number of hydrogen-bond acceptors (Lipinski definition) is 5. The van der Waals surface area contributed by atoms with Crippen molar-refractivity contribution in [3.05, 3.63) is 95.0 Å². The first kappa shape index (κ1) is 23.7. The van der Waals surface area contributed by atoms with Crippen LogP contribution >= 0.6 is 11.6 Å². The van der Waals surface area contributed by atoms with Crippen LogP contribution in [0.5, 0.6) is 0 Å². The molecule has 0 saturated heterocycles. The molecule has 0 radical (unpaired) electrons. The third-order valence-electron chi connectivity index (χ3n) is 4.67. The molecule has 33 heavy (non-hydrogen) atoms. The van der Waals surface area contributed by atoms with Crippen molar-refractivity contribution in [1.29, 1.82) is 0 Å². The first-order valence-electron chi connectivity index (χ1n) is 10.1. The highest BCUT2D eigenvalue weighted by Gasteiger charge is 2.14. The number of halogens is 1. The van der Waals surface area contributed by atoms with Crippen LogP contribution in [-0.4, -0.2) is 30.2 Å². The van der Waals surface area contributed by atoms with Gasteiger partial charge in [-0.05, 0) is 23.3 Å². The van der Waals surface area contributed by atoms with Crippen molar-refractivity contribution in [2.45, 2.75) is 12.8 Å². The molecule has 168 valence electrons. The summed E-state index contributed by atoms with van der Waals surface area (Å²) in [7, 11) is 0. The summed E-state index contributed by atoms with van der Waals surface area (Å²) in [5.74, 6) is -2.22. The van der Waals surface area contributed by atoms with E-state index in [-0.39, 0.29) is 29.2 Å². The highest BCUT2D eigenvalue weighted by atomic mass is 35.5. The minimum Gasteiger partial charge on any atom is -0.457 e. The molecule has 0 aliphatic heterocycles. The number of hydrogen-bond donors (Lipinski definition) is 2. The Hall–Kier alpha value is -3.97. The summed E-state index contributed by atoms with van der Waals surface area (Å²) < 4.78 is 4.96. The lowest BCUT2D eigenvalue weighted by Crippen LogP contribution is -2.41. The average Bonchev–Trinajstić information content (AvgIpc) is 2.85. The molecule has 0 aliphatic rings. The van der Waals surface area contributed by atoms with E-state index < -0.39 is 24.4 Å². The SMILES string of the molecule is O=C(CCC(=O)OCC(=O)c1ccc(-c2ccccc2)cc1)NNC(=O)c1ccccc1Cl. The van der Waals surface area contributed by atoms with Crippen LogP contribution in [0.2, 0.25) is 5.02 Å². The highest BCUT2D eigenvalue weighted by molar-refractivity contribution is 6.33. The number of carbonyl (C=O) groups excluding carboxylic acids is 4. The molecule has 8 heteroatoms. The average molecular weight is 465 g/mol. The van der Waals surface area contributed by atoms with Gasteiger partial charge in [-0.25, -0.2) is 0 Å². The molecule has 0 aliphatic carbocycles. The summed E-state index contributed by atoms with van der Waals surface area (Å²) in [5, 5.41) is 0.243. The molecule has 3 rings (SSSR count). The number of amides is 2. The quantitative estimate of drug-likeness (QED) is 0.298. The summed E-state index contributed by atoms with van der Waals surface area (Å²) in [4.78, 5) is 48.0. The van der Waals surface area contributed by atoms with Gasteiger partial charge in [0.15, 0.2) is 12.4 Å². The minimum atomic E-state index is -0.697. The van der Waals surface area contributed by atoms with E-state index in [1.807, 2.05) is 42.5 Å². The van der Waals surface area contributed by atoms with Crippen LogP contribution in [0.3, 0.4) is 0 Å². The fourth-order valence-corrected chi connectivity index (χ4v) is 3.12. The fraction of sp³-hybridized carbons (Fsp3) is 0.120. The van der Waals surface area contributed by atoms with E-state index in [1.165, 1.54) is 6.07 Å². The number of rotatable bonds is 8. The van der Waals surface area contributed by atoms with E-state index in [9.17, 15) is 19.2 Å². The van der Waals surface area contributed by atoms with Gasteiger partial charge in [-0.15, -0.1) is 0 Å². The Morgan fingerprint density at radius 3 is 2.06 bits per heavy atom. The molecule has 2 N–H and O–H groups in total. The van der Waals surface area contributed by atoms with Crippen molar-refractivity contribution < 1.29 is 23.9 Å². The van der Waals surface area contributed by atoms with Crippen molar-refractivity contribution in [2.75, 3.05) is 6.61 Å². The Balaban J connectivity index is 1.38. The zero-order valence-electron chi connectivity index (χ0n) is 17.5. The number of ketones is 1. The van der Waals surface area contributed by atoms with Crippen molar-refractivity contribution in [3.63, 3.8) is 0 Å². The minimum absolute atomic E-state index is 0.203. The van der Waals surface area contributed by atoms with Gasteiger partial charge in [0.2, 0.25) is 5.91 Å². The van der Waals surface area contributed by atoms with Crippen LogP contribution in [-0.2, 0) is 14.3 Å². The van der Waals surface area contributed by atoms with Crippen LogP contribution < -0.4 is 10.9 Å². The molecule has 0 fully saturated rings. The zero-order chi connectivity index (χ0) is 23.6. The second kappa shape index (κ2) is 11.6. The normalized spacial score (nSPS) is 10.2. The number of nitrogens with one attached hydrogen (secondary N) is 2. The zero-order valence-corrected chi connectivity index (χ0v) is 18.3. The lowest BCUT2D eigenvalue weighted by atomic mass is 10.0. The van der Waals surface area contributed by atoms with E-state index in [1.54, 1.807) is 30.3 Å². The van der Waals surface area contributed by atoms with Gasteiger partial charge in [-0.1, -0.05) is 78.3 Å². The maximum absolute atomic E-state index is 12.3. The fourth-order valence-electron chi connectivity index (χ4n) is 2.90. The molecule has 0 bridgehead atoms. The number of ether oxygens (including phenoxy) is 1. The Morgan fingerprint density at radius 2 is 1.36 bits per heavy atom. The third-order valence-corrected chi connectivity index (χ3v) is 5.00. The Labute approximate surface area is 195 Å². The van der Waals surface area contributed by atoms with Crippen molar-refractivity contribution in [3.8, 4) is 11.1 Å². The first-order valence-corrected chi connectivity index (χ1v) is 10.5. The summed E-state index contributed by atoms with van der Waals surface area (Å²) in [6, 6.07) is 23.1. The smallest absolute Gasteiger partial charge is 0.306 e. The van der Waals surface area contributed by atoms with Crippen LogP contribution in [0.1, 0.15) is 33.6 Å². The number of Topliss-reactive ketones (excluding diaryl/α,β-unsaturated/α-hetero) is 1. The van der Waals surface area contributed by atoms with E-state index in [0.717, 1.165) is 11.1 Å². The van der Waals surface area contributed by atoms with E-state index in [0.29, 0.717) is 5.56 Å².